The fourth-order valence-corrected chi connectivity index (χ4v) is 3.10. The van der Waals surface area contributed by atoms with Crippen LogP contribution in [0.5, 0.6) is 0 Å². The van der Waals surface area contributed by atoms with E-state index in [0.29, 0.717) is 18.8 Å². The SMILES string of the molecule is CCc1ccc(C(CNC(=O)c2cn(Cc3ccccc3)nn2)N(C)C)cc1. The highest BCUT2D eigenvalue weighted by Crippen LogP contribution is 2.18. The molecule has 0 fully saturated rings. The maximum Gasteiger partial charge on any atom is 0.273 e. The third-order valence-corrected chi connectivity index (χ3v) is 4.81. The molecule has 28 heavy (non-hydrogen) atoms. The number of carbonyl (C=O) groups is 1. The minimum Gasteiger partial charge on any atom is -0.349 e. The number of aromatic nitrogens is 3. The lowest BCUT2D eigenvalue weighted by atomic mass is 10.0. The number of aryl methyl sites for hydroxylation is 1. The summed E-state index contributed by atoms with van der Waals surface area (Å²) in [6, 6.07) is 18.6. The summed E-state index contributed by atoms with van der Waals surface area (Å²) in [5.41, 5.74) is 3.92. The zero-order chi connectivity index (χ0) is 19.9. The highest BCUT2D eigenvalue weighted by atomic mass is 16.2. The van der Waals surface area contributed by atoms with E-state index >= 15 is 0 Å². The molecule has 0 aliphatic rings. The van der Waals surface area contributed by atoms with Crippen molar-refractivity contribution in [1.82, 2.24) is 25.2 Å². The van der Waals surface area contributed by atoms with E-state index < -0.39 is 0 Å². The van der Waals surface area contributed by atoms with E-state index in [1.54, 1.807) is 10.9 Å². The second-order valence-electron chi connectivity index (χ2n) is 7.07. The number of nitrogens with zero attached hydrogens (tertiary/aromatic N) is 4. The third kappa shape index (κ3) is 5.04. The predicted molar refractivity (Wildman–Crippen MR) is 110 cm³/mol. The molecule has 0 radical (unpaired) electrons. The van der Waals surface area contributed by atoms with Crippen LogP contribution in [-0.4, -0.2) is 46.4 Å². The molecule has 1 aromatic heterocycles. The topological polar surface area (TPSA) is 63.1 Å². The number of hydrogen-bond donors (Lipinski definition) is 1. The van der Waals surface area contributed by atoms with E-state index in [9.17, 15) is 4.79 Å². The Kier molecular flexibility index (Phi) is 6.55. The molecule has 6 nitrogen and oxygen atoms in total. The smallest absolute Gasteiger partial charge is 0.273 e. The zero-order valence-electron chi connectivity index (χ0n) is 16.7. The second kappa shape index (κ2) is 9.28. The summed E-state index contributed by atoms with van der Waals surface area (Å²) in [5.74, 6) is -0.212. The highest BCUT2D eigenvalue weighted by molar-refractivity contribution is 5.91. The van der Waals surface area contributed by atoms with Gasteiger partial charge in [0.25, 0.3) is 5.91 Å². The average Bonchev–Trinajstić information content (AvgIpc) is 3.17. The summed E-state index contributed by atoms with van der Waals surface area (Å²) in [6.07, 6.45) is 2.70. The molecule has 1 amide bonds. The van der Waals surface area contributed by atoms with Gasteiger partial charge in [-0.25, -0.2) is 4.68 Å². The number of likely N-dealkylation sites (N-methyl/N-ethyl adjacent to an activating group) is 1. The van der Waals surface area contributed by atoms with Crippen LogP contribution in [-0.2, 0) is 13.0 Å². The Morgan fingerprint density at radius 1 is 1.07 bits per heavy atom. The summed E-state index contributed by atoms with van der Waals surface area (Å²) in [6.45, 7) is 3.23. The van der Waals surface area contributed by atoms with Crippen molar-refractivity contribution in [3.63, 3.8) is 0 Å². The largest absolute Gasteiger partial charge is 0.349 e. The first-order valence-corrected chi connectivity index (χ1v) is 9.54. The predicted octanol–water partition coefficient (Wildman–Crippen LogP) is 2.92. The van der Waals surface area contributed by atoms with E-state index in [0.717, 1.165) is 12.0 Å². The van der Waals surface area contributed by atoms with Crippen LogP contribution in [0.4, 0.5) is 0 Å². The van der Waals surface area contributed by atoms with Crippen molar-refractivity contribution in [3.8, 4) is 0 Å². The van der Waals surface area contributed by atoms with Crippen LogP contribution in [0.3, 0.4) is 0 Å². The molecule has 2 aromatic carbocycles. The van der Waals surface area contributed by atoms with Crippen molar-refractivity contribution < 1.29 is 4.79 Å². The summed E-state index contributed by atoms with van der Waals surface area (Å²) < 4.78 is 1.68. The Morgan fingerprint density at radius 3 is 2.43 bits per heavy atom. The van der Waals surface area contributed by atoms with E-state index in [1.807, 2.05) is 44.4 Å². The van der Waals surface area contributed by atoms with Gasteiger partial charge in [-0.05, 0) is 37.2 Å². The van der Waals surface area contributed by atoms with Crippen LogP contribution in [0.15, 0.2) is 60.8 Å². The normalized spacial score (nSPS) is 12.1. The number of amides is 1. The van der Waals surface area contributed by atoms with Crippen molar-refractivity contribution in [1.29, 1.82) is 0 Å². The van der Waals surface area contributed by atoms with E-state index in [-0.39, 0.29) is 11.9 Å². The molecule has 1 N–H and O–H groups in total. The molecule has 1 atom stereocenters. The number of rotatable bonds is 8. The fraction of sp³-hybridized carbons (Fsp3) is 0.318. The fourth-order valence-electron chi connectivity index (χ4n) is 3.10. The van der Waals surface area contributed by atoms with E-state index in [1.165, 1.54) is 11.1 Å². The highest BCUT2D eigenvalue weighted by Gasteiger charge is 2.17. The Morgan fingerprint density at radius 2 is 1.79 bits per heavy atom. The van der Waals surface area contributed by atoms with Crippen LogP contribution in [0.2, 0.25) is 0 Å². The van der Waals surface area contributed by atoms with Gasteiger partial charge in [-0.3, -0.25) is 4.79 Å². The molecule has 1 unspecified atom stereocenters. The van der Waals surface area contributed by atoms with Crippen LogP contribution < -0.4 is 5.32 Å². The first-order valence-electron chi connectivity index (χ1n) is 9.54. The molecule has 3 rings (SSSR count). The Labute approximate surface area is 166 Å². The summed E-state index contributed by atoms with van der Waals surface area (Å²) in [5, 5.41) is 11.1. The van der Waals surface area contributed by atoms with Gasteiger partial charge >= 0.3 is 0 Å². The van der Waals surface area contributed by atoms with Crippen LogP contribution >= 0.6 is 0 Å². The van der Waals surface area contributed by atoms with E-state index in [2.05, 4.69) is 51.7 Å². The van der Waals surface area contributed by atoms with Crippen molar-refractivity contribution in [3.05, 3.63) is 83.2 Å². The van der Waals surface area contributed by atoms with Gasteiger partial charge in [-0.2, -0.15) is 0 Å². The maximum absolute atomic E-state index is 12.5. The van der Waals surface area contributed by atoms with Crippen molar-refractivity contribution in [2.45, 2.75) is 25.9 Å². The molecule has 0 saturated carbocycles. The van der Waals surface area contributed by atoms with Gasteiger partial charge in [-0.1, -0.05) is 66.7 Å². The van der Waals surface area contributed by atoms with Crippen molar-refractivity contribution in [2.75, 3.05) is 20.6 Å². The van der Waals surface area contributed by atoms with Crippen molar-refractivity contribution in [2.24, 2.45) is 0 Å². The minimum atomic E-state index is -0.212. The molecule has 1 heterocycles. The van der Waals surface area contributed by atoms with E-state index in [4.69, 9.17) is 0 Å². The molecule has 0 saturated heterocycles. The number of benzene rings is 2. The quantitative estimate of drug-likeness (QED) is 0.656. The van der Waals surface area contributed by atoms with Gasteiger partial charge in [0.2, 0.25) is 0 Å². The van der Waals surface area contributed by atoms with Crippen LogP contribution in [0.1, 0.15) is 40.1 Å². The summed E-state index contributed by atoms with van der Waals surface area (Å²) >= 11 is 0. The molecule has 0 spiro atoms. The lowest BCUT2D eigenvalue weighted by molar-refractivity contribution is 0.0937. The molecule has 146 valence electrons. The van der Waals surface area contributed by atoms with Gasteiger partial charge in [0, 0.05) is 6.54 Å². The molecule has 6 heteroatoms. The molecule has 0 aliphatic carbocycles. The Balaban J connectivity index is 1.61. The molecule has 3 aromatic rings. The first kappa shape index (κ1) is 19.8. The average molecular weight is 377 g/mol. The monoisotopic (exact) mass is 377 g/mol. The number of nitrogens with one attached hydrogen (secondary N) is 1. The molecular weight excluding hydrogens is 350 g/mol. The van der Waals surface area contributed by atoms with Gasteiger partial charge in [0.05, 0.1) is 18.8 Å². The third-order valence-electron chi connectivity index (χ3n) is 4.81. The second-order valence-corrected chi connectivity index (χ2v) is 7.07. The lowest BCUT2D eigenvalue weighted by Crippen LogP contribution is -2.34. The first-order chi connectivity index (χ1) is 13.6. The lowest BCUT2D eigenvalue weighted by Gasteiger charge is -2.25. The number of carbonyl (C=O) groups excluding carboxylic acids is 1. The van der Waals surface area contributed by atoms with Gasteiger partial charge in [-0.15, -0.1) is 5.10 Å². The maximum atomic E-state index is 12.5. The van der Waals surface area contributed by atoms with Gasteiger partial charge in [0.1, 0.15) is 0 Å². The summed E-state index contributed by atoms with van der Waals surface area (Å²) in [7, 11) is 4.03. The Hall–Kier alpha value is -2.99. The van der Waals surface area contributed by atoms with Crippen LogP contribution in [0, 0.1) is 0 Å². The molecule has 0 aliphatic heterocycles. The molecular formula is C22H27N5O. The Bertz CT molecular complexity index is 887. The standard InChI is InChI=1S/C22H27N5O/c1-4-17-10-12-19(13-11-17)21(26(2)3)14-23-22(28)20-16-27(25-24-20)15-18-8-6-5-7-9-18/h5-13,16,21H,4,14-15H2,1-3H3,(H,23,28). The summed E-state index contributed by atoms with van der Waals surface area (Å²) in [4.78, 5) is 14.6. The zero-order valence-corrected chi connectivity index (χ0v) is 16.7. The molecule has 0 bridgehead atoms. The number of hydrogen-bond acceptors (Lipinski definition) is 4. The van der Waals surface area contributed by atoms with Gasteiger partial charge < -0.3 is 10.2 Å². The van der Waals surface area contributed by atoms with Crippen molar-refractivity contribution >= 4 is 5.91 Å². The van der Waals surface area contributed by atoms with Gasteiger partial charge in [0.15, 0.2) is 5.69 Å². The minimum absolute atomic E-state index is 0.0919. The van der Waals surface area contributed by atoms with Crippen LogP contribution in [0.25, 0.3) is 0 Å².